The zero-order valence-corrected chi connectivity index (χ0v) is 10.9. The fraction of sp³-hybridized carbons (Fsp3) is 0.769. The molecule has 1 rings (SSSR count). The Labute approximate surface area is 96.5 Å². The van der Waals surface area contributed by atoms with E-state index < -0.39 is 0 Å². The second-order valence-corrected chi connectivity index (χ2v) is 3.81. The Morgan fingerprint density at radius 3 is 2.80 bits per heavy atom. The summed E-state index contributed by atoms with van der Waals surface area (Å²) >= 11 is 0. The van der Waals surface area contributed by atoms with Crippen LogP contribution in [0.4, 0.5) is 0 Å². The molecule has 15 heavy (non-hydrogen) atoms. The normalized spacial score (nSPS) is 17.5. The van der Waals surface area contributed by atoms with Crippen molar-refractivity contribution in [2.45, 2.75) is 46.4 Å². The van der Waals surface area contributed by atoms with Gasteiger partial charge in [-0.05, 0) is 0 Å². The van der Waals surface area contributed by atoms with Gasteiger partial charge in [0.2, 0.25) is 0 Å². The van der Waals surface area contributed by atoms with Crippen LogP contribution in [0.25, 0.3) is 0 Å². The van der Waals surface area contributed by atoms with Gasteiger partial charge in [0.05, 0.1) is 0 Å². The number of nitrogens with zero attached hydrogens (tertiary/aromatic N) is 1. The van der Waals surface area contributed by atoms with E-state index in [4.69, 9.17) is 0 Å². The standard InChI is InChI=1S/C11H20BN.C2H6/c1-3-7-12-10-11-5-4-8-13(2)9-6-11;1-2/h5,10H,3-4,6-9H2,1-2H3;1-2H3. The Bertz CT molecular complexity index is 197. The molecule has 0 spiro atoms. The number of rotatable bonds is 3. The van der Waals surface area contributed by atoms with Crippen molar-refractivity contribution in [2.24, 2.45) is 0 Å². The van der Waals surface area contributed by atoms with Crippen LogP contribution in [0.1, 0.15) is 40.0 Å². The van der Waals surface area contributed by atoms with E-state index in [0.717, 1.165) is 0 Å². The van der Waals surface area contributed by atoms with E-state index in [1.54, 1.807) is 0 Å². The van der Waals surface area contributed by atoms with Gasteiger partial charge in [0, 0.05) is 0 Å². The van der Waals surface area contributed by atoms with Gasteiger partial charge in [0.15, 0.2) is 0 Å². The summed E-state index contributed by atoms with van der Waals surface area (Å²) in [5, 5.41) is 0. The molecule has 0 aromatic rings. The minimum atomic E-state index is 1.21. The predicted octanol–water partition coefficient (Wildman–Crippen LogP) is 3.00. The van der Waals surface area contributed by atoms with Crippen molar-refractivity contribution in [1.82, 2.24) is 4.90 Å². The fourth-order valence-corrected chi connectivity index (χ4v) is 1.56. The zero-order valence-electron chi connectivity index (χ0n) is 10.9. The maximum absolute atomic E-state index is 2.40. The molecule has 0 amide bonds. The Hall–Kier alpha value is -0.365. The van der Waals surface area contributed by atoms with Crippen molar-refractivity contribution in [2.75, 3.05) is 20.1 Å². The van der Waals surface area contributed by atoms with Crippen LogP contribution in [0.5, 0.6) is 0 Å². The van der Waals surface area contributed by atoms with Gasteiger partial charge in [0.1, 0.15) is 0 Å². The van der Waals surface area contributed by atoms with Gasteiger partial charge in [-0.1, -0.05) is 13.8 Å². The monoisotopic (exact) mass is 207 g/mol. The number of hydrogen-bond acceptors (Lipinski definition) is 1. The SMILES string of the molecule is CC.CCCB=CC1=CCCN(C)CC1. The van der Waals surface area contributed by atoms with Gasteiger partial charge in [-0.2, -0.15) is 0 Å². The first kappa shape index (κ1) is 14.6. The zero-order chi connectivity index (χ0) is 11.5. The van der Waals surface area contributed by atoms with E-state index in [9.17, 15) is 0 Å². The third-order valence-electron chi connectivity index (χ3n) is 2.49. The summed E-state index contributed by atoms with van der Waals surface area (Å²) in [5.74, 6) is 2.31. The molecule has 0 unspecified atom stereocenters. The Morgan fingerprint density at radius 2 is 2.13 bits per heavy atom. The molecule has 2 heteroatoms. The summed E-state index contributed by atoms with van der Waals surface area (Å²) in [7, 11) is 2.20. The van der Waals surface area contributed by atoms with Crippen LogP contribution in [-0.2, 0) is 0 Å². The summed E-state index contributed by atoms with van der Waals surface area (Å²) in [6.07, 6.45) is 7.28. The molecular formula is C13H26BN. The van der Waals surface area contributed by atoms with Crippen LogP contribution in [-0.4, -0.2) is 37.9 Å². The van der Waals surface area contributed by atoms with Crippen molar-refractivity contribution in [3.05, 3.63) is 11.6 Å². The Kier molecular flexibility index (Phi) is 9.92. The first-order valence-electron chi connectivity index (χ1n) is 6.37. The average molecular weight is 207 g/mol. The third kappa shape index (κ3) is 7.55. The summed E-state index contributed by atoms with van der Waals surface area (Å²) in [5.41, 5.74) is 1.53. The molecule has 0 radical (unpaired) electrons. The third-order valence-corrected chi connectivity index (χ3v) is 2.49. The van der Waals surface area contributed by atoms with Crippen molar-refractivity contribution in [3.63, 3.8) is 0 Å². The molecule has 1 heterocycles. The molecule has 0 aromatic carbocycles. The quantitative estimate of drug-likeness (QED) is 0.643. The van der Waals surface area contributed by atoms with Gasteiger partial charge < -0.3 is 0 Å². The second-order valence-electron chi connectivity index (χ2n) is 3.81. The topological polar surface area (TPSA) is 3.24 Å². The van der Waals surface area contributed by atoms with E-state index in [1.807, 2.05) is 13.8 Å². The van der Waals surface area contributed by atoms with Crippen LogP contribution in [0.3, 0.4) is 0 Å². The van der Waals surface area contributed by atoms with Crippen molar-refractivity contribution in [1.29, 1.82) is 0 Å². The van der Waals surface area contributed by atoms with E-state index in [0.29, 0.717) is 0 Å². The molecular weight excluding hydrogens is 181 g/mol. The van der Waals surface area contributed by atoms with E-state index in [-0.39, 0.29) is 0 Å². The molecule has 0 aromatic heterocycles. The van der Waals surface area contributed by atoms with E-state index in [1.165, 1.54) is 44.2 Å². The van der Waals surface area contributed by atoms with Crippen LogP contribution >= 0.6 is 0 Å². The summed E-state index contributed by atoms with van der Waals surface area (Å²) in [6, 6.07) is 0. The van der Waals surface area contributed by atoms with Crippen LogP contribution in [0.15, 0.2) is 11.6 Å². The number of hydrogen-bond donors (Lipinski definition) is 0. The molecule has 0 atom stereocenters. The summed E-state index contributed by atoms with van der Waals surface area (Å²) in [4.78, 5) is 2.40. The summed E-state index contributed by atoms with van der Waals surface area (Å²) in [6.45, 7) is 10.9. The maximum atomic E-state index is 2.40. The average Bonchev–Trinajstić information content (AvgIpc) is 2.47. The molecule has 1 nitrogen and oxygen atoms in total. The van der Waals surface area contributed by atoms with Crippen LogP contribution in [0.2, 0.25) is 6.32 Å². The molecule has 0 bridgehead atoms. The first-order chi connectivity index (χ1) is 7.33. The van der Waals surface area contributed by atoms with Gasteiger partial charge in [-0.3, -0.25) is 0 Å². The Morgan fingerprint density at radius 1 is 1.40 bits per heavy atom. The summed E-state index contributed by atoms with van der Waals surface area (Å²) < 4.78 is 0. The fourth-order valence-electron chi connectivity index (χ4n) is 1.56. The molecule has 1 aliphatic rings. The first-order valence-corrected chi connectivity index (χ1v) is 6.37. The molecule has 0 fully saturated rings. The van der Waals surface area contributed by atoms with Crippen molar-refractivity contribution in [3.8, 4) is 0 Å². The molecule has 0 saturated heterocycles. The molecule has 1 aliphatic heterocycles. The van der Waals surface area contributed by atoms with E-state index in [2.05, 4.69) is 37.8 Å². The molecule has 0 N–H and O–H groups in total. The van der Waals surface area contributed by atoms with Gasteiger partial charge in [-0.15, -0.1) is 0 Å². The Balaban J connectivity index is 0.000000921. The van der Waals surface area contributed by atoms with Gasteiger partial charge in [0.25, 0.3) is 0 Å². The van der Waals surface area contributed by atoms with Crippen molar-refractivity contribution >= 4 is 12.9 Å². The van der Waals surface area contributed by atoms with E-state index >= 15 is 0 Å². The van der Waals surface area contributed by atoms with Crippen molar-refractivity contribution < 1.29 is 0 Å². The molecule has 0 aliphatic carbocycles. The predicted molar refractivity (Wildman–Crippen MR) is 73.1 cm³/mol. The van der Waals surface area contributed by atoms with Crippen LogP contribution < -0.4 is 0 Å². The molecule has 86 valence electrons. The second kappa shape index (κ2) is 10.2. The molecule has 0 saturated carbocycles. The van der Waals surface area contributed by atoms with Crippen LogP contribution in [0, 0.1) is 0 Å². The van der Waals surface area contributed by atoms with Gasteiger partial charge >= 0.3 is 82.1 Å². The minimum absolute atomic E-state index is 1.21. The van der Waals surface area contributed by atoms with Gasteiger partial charge in [-0.25, -0.2) is 0 Å².